The van der Waals surface area contributed by atoms with Crippen LogP contribution in [0.1, 0.15) is 30.8 Å². The summed E-state index contributed by atoms with van der Waals surface area (Å²) in [5, 5.41) is 19.5. The SMILES string of the molecule is Cc1cc(N2CC3(C2)CN(c2nnc4n2-c2ccc(Cl)cc2CN(C(C)(C)C#N)C4)C3)ncc1F. The second kappa shape index (κ2) is 7.64. The van der Waals surface area contributed by atoms with Crippen molar-refractivity contribution in [1.29, 1.82) is 5.26 Å². The van der Waals surface area contributed by atoms with Crippen molar-refractivity contribution in [2.75, 3.05) is 36.0 Å². The number of anilines is 2. The first-order chi connectivity index (χ1) is 16.7. The molecule has 2 aromatic heterocycles. The predicted octanol–water partition coefficient (Wildman–Crippen LogP) is 3.71. The highest BCUT2D eigenvalue weighted by Crippen LogP contribution is 2.44. The van der Waals surface area contributed by atoms with Crippen LogP contribution in [0.5, 0.6) is 0 Å². The number of nitriles is 1. The Bertz CT molecular complexity index is 1360. The number of nitrogens with zero attached hydrogens (tertiary/aromatic N) is 8. The van der Waals surface area contributed by atoms with Crippen LogP contribution in [0.15, 0.2) is 30.5 Å². The minimum atomic E-state index is -0.663. The van der Waals surface area contributed by atoms with E-state index in [-0.39, 0.29) is 11.2 Å². The molecule has 8 nitrogen and oxygen atoms in total. The van der Waals surface area contributed by atoms with E-state index in [0.717, 1.165) is 55.0 Å². The third-order valence-electron chi connectivity index (χ3n) is 7.50. The van der Waals surface area contributed by atoms with Gasteiger partial charge < -0.3 is 9.80 Å². The Morgan fingerprint density at radius 1 is 1.09 bits per heavy atom. The van der Waals surface area contributed by atoms with Crippen LogP contribution >= 0.6 is 11.6 Å². The summed E-state index contributed by atoms with van der Waals surface area (Å²) >= 11 is 6.35. The zero-order chi connectivity index (χ0) is 24.5. The molecule has 5 heterocycles. The summed E-state index contributed by atoms with van der Waals surface area (Å²) in [4.78, 5) is 10.8. The van der Waals surface area contributed by atoms with Gasteiger partial charge in [-0.05, 0) is 56.2 Å². The molecular formula is C25H26ClFN8. The first-order valence-electron chi connectivity index (χ1n) is 11.7. The molecule has 2 saturated heterocycles. The Morgan fingerprint density at radius 3 is 2.54 bits per heavy atom. The van der Waals surface area contributed by atoms with Crippen LogP contribution in [0.4, 0.5) is 16.2 Å². The van der Waals surface area contributed by atoms with Gasteiger partial charge in [0.2, 0.25) is 5.95 Å². The monoisotopic (exact) mass is 492 g/mol. The van der Waals surface area contributed by atoms with Gasteiger partial charge in [0.25, 0.3) is 0 Å². The maximum absolute atomic E-state index is 13.6. The molecule has 3 aromatic rings. The first kappa shape index (κ1) is 22.3. The van der Waals surface area contributed by atoms with Crippen LogP contribution in [0.2, 0.25) is 5.02 Å². The normalized spacial score (nSPS) is 18.9. The summed E-state index contributed by atoms with van der Waals surface area (Å²) < 4.78 is 15.7. The molecule has 180 valence electrons. The smallest absolute Gasteiger partial charge is 0.231 e. The number of aromatic nitrogens is 4. The fourth-order valence-electron chi connectivity index (χ4n) is 5.39. The largest absolute Gasteiger partial charge is 0.355 e. The highest BCUT2D eigenvalue weighted by molar-refractivity contribution is 6.30. The van der Waals surface area contributed by atoms with Gasteiger partial charge in [0.1, 0.15) is 17.2 Å². The Hall–Kier alpha value is -3.22. The molecule has 6 rings (SSSR count). The number of hydrogen-bond acceptors (Lipinski definition) is 7. The average molecular weight is 493 g/mol. The van der Waals surface area contributed by atoms with Crippen molar-refractivity contribution in [3.63, 3.8) is 0 Å². The average Bonchev–Trinajstić information content (AvgIpc) is 3.09. The number of fused-ring (bicyclic) bond motifs is 3. The van der Waals surface area contributed by atoms with Gasteiger partial charge in [0.15, 0.2) is 5.82 Å². The van der Waals surface area contributed by atoms with Crippen molar-refractivity contribution in [3.05, 3.63) is 58.3 Å². The summed E-state index contributed by atoms with van der Waals surface area (Å²) in [6, 6.07) is 10.1. The molecule has 0 amide bonds. The lowest BCUT2D eigenvalue weighted by molar-refractivity contribution is 0.147. The van der Waals surface area contributed by atoms with Crippen molar-refractivity contribution in [3.8, 4) is 11.8 Å². The Kier molecular flexibility index (Phi) is 4.86. The number of benzene rings is 1. The van der Waals surface area contributed by atoms with Gasteiger partial charge in [-0.3, -0.25) is 9.47 Å². The van der Waals surface area contributed by atoms with E-state index in [2.05, 4.69) is 40.5 Å². The lowest BCUT2D eigenvalue weighted by Gasteiger charge is -2.60. The molecule has 0 saturated carbocycles. The van der Waals surface area contributed by atoms with Crippen LogP contribution in [-0.2, 0) is 13.1 Å². The second-order valence-corrected chi connectivity index (χ2v) is 11.0. The van der Waals surface area contributed by atoms with E-state index in [4.69, 9.17) is 11.6 Å². The molecule has 1 aromatic carbocycles. The molecule has 0 bridgehead atoms. The molecule has 1 spiro atoms. The van der Waals surface area contributed by atoms with Gasteiger partial charge in [-0.2, -0.15) is 5.26 Å². The van der Waals surface area contributed by atoms with Gasteiger partial charge in [-0.25, -0.2) is 9.37 Å². The lowest BCUT2D eigenvalue weighted by Crippen LogP contribution is -2.73. The van der Waals surface area contributed by atoms with E-state index in [1.54, 1.807) is 6.92 Å². The van der Waals surface area contributed by atoms with Crippen LogP contribution in [0.25, 0.3) is 5.69 Å². The number of pyridine rings is 1. The quantitative estimate of drug-likeness (QED) is 0.551. The highest BCUT2D eigenvalue weighted by atomic mass is 35.5. The number of halogens is 2. The van der Waals surface area contributed by atoms with E-state index in [0.29, 0.717) is 23.7 Å². The third kappa shape index (κ3) is 3.55. The molecule has 35 heavy (non-hydrogen) atoms. The van der Waals surface area contributed by atoms with E-state index in [1.807, 2.05) is 38.1 Å². The van der Waals surface area contributed by atoms with Gasteiger partial charge in [0, 0.05) is 43.2 Å². The van der Waals surface area contributed by atoms with Crippen molar-refractivity contribution in [1.82, 2.24) is 24.6 Å². The van der Waals surface area contributed by atoms with Crippen LogP contribution in [0.3, 0.4) is 0 Å². The van der Waals surface area contributed by atoms with Crippen LogP contribution in [0, 0.1) is 29.5 Å². The molecule has 0 unspecified atom stereocenters. The third-order valence-corrected chi connectivity index (χ3v) is 7.73. The van der Waals surface area contributed by atoms with Crippen molar-refractivity contribution >= 4 is 23.4 Å². The maximum atomic E-state index is 13.6. The zero-order valence-electron chi connectivity index (χ0n) is 20.0. The Morgan fingerprint density at radius 2 is 1.83 bits per heavy atom. The molecular weight excluding hydrogens is 467 g/mol. The van der Waals surface area contributed by atoms with E-state index in [9.17, 15) is 9.65 Å². The van der Waals surface area contributed by atoms with Crippen molar-refractivity contribution in [2.45, 2.75) is 39.4 Å². The fraction of sp³-hybridized carbons (Fsp3) is 0.440. The van der Waals surface area contributed by atoms with Crippen LogP contribution < -0.4 is 9.80 Å². The predicted molar refractivity (Wildman–Crippen MR) is 131 cm³/mol. The topological polar surface area (TPSA) is 77.1 Å². The minimum absolute atomic E-state index is 0.179. The molecule has 0 atom stereocenters. The molecule has 3 aliphatic heterocycles. The summed E-state index contributed by atoms with van der Waals surface area (Å²) in [5.74, 6) is 2.19. The summed E-state index contributed by atoms with van der Waals surface area (Å²) in [6.07, 6.45) is 1.30. The maximum Gasteiger partial charge on any atom is 0.231 e. The standard InChI is InChI=1S/C25H26ClFN8/c1-16-6-21(29-8-19(16)27)32-12-25(13-32)14-33(15-25)23-31-30-22-10-34(24(2,3)11-28)9-17-7-18(26)4-5-20(17)35(22)23/h4-8H,9-10,12-15H2,1-3H3. The Balaban J connectivity index is 1.25. The molecule has 0 radical (unpaired) electrons. The van der Waals surface area contributed by atoms with Crippen molar-refractivity contribution < 1.29 is 4.39 Å². The fourth-order valence-corrected chi connectivity index (χ4v) is 5.58. The van der Waals surface area contributed by atoms with E-state index in [1.165, 1.54) is 6.20 Å². The number of aryl methyl sites for hydroxylation is 1. The second-order valence-electron chi connectivity index (χ2n) is 10.6. The number of rotatable bonds is 3. The molecule has 3 aliphatic rings. The summed E-state index contributed by atoms with van der Waals surface area (Å²) in [6.45, 7) is 10.2. The number of hydrogen-bond donors (Lipinski definition) is 0. The van der Waals surface area contributed by atoms with Crippen molar-refractivity contribution in [2.24, 2.45) is 5.41 Å². The van der Waals surface area contributed by atoms with E-state index < -0.39 is 5.54 Å². The molecule has 0 N–H and O–H groups in total. The Labute approximate surface area is 208 Å². The molecule has 0 aliphatic carbocycles. The lowest BCUT2D eigenvalue weighted by atomic mass is 9.73. The van der Waals surface area contributed by atoms with Gasteiger partial charge >= 0.3 is 0 Å². The first-order valence-corrected chi connectivity index (χ1v) is 12.1. The molecule has 10 heteroatoms. The van der Waals surface area contributed by atoms with Crippen LogP contribution in [-0.4, -0.2) is 56.4 Å². The highest BCUT2D eigenvalue weighted by Gasteiger charge is 2.53. The zero-order valence-corrected chi connectivity index (χ0v) is 20.7. The minimum Gasteiger partial charge on any atom is -0.355 e. The van der Waals surface area contributed by atoms with Gasteiger partial charge in [-0.1, -0.05) is 11.6 Å². The molecule has 2 fully saturated rings. The summed E-state index contributed by atoms with van der Waals surface area (Å²) in [7, 11) is 0. The summed E-state index contributed by atoms with van der Waals surface area (Å²) in [5.41, 5.74) is 2.18. The van der Waals surface area contributed by atoms with Gasteiger partial charge in [-0.15, -0.1) is 10.2 Å². The van der Waals surface area contributed by atoms with E-state index >= 15 is 0 Å². The van der Waals surface area contributed by atoms with Gasteiger partial charge in [0.05, 0.1) is 24.5 Å².